The first-order valence-corrected chi connectivity index (χ1v) is 9.67. The van der Waals surface area contributed by atoms with Crippen molar-refractivity contribution >= 4 is 10.9 Å². The zero-order chi connectivity index (χ0) is 19.5. The molecule has 0 bridgehead atoms. The van der Waals surface area contributed by atoms with Crippen molar-refractivity contribution in [1.29, 1.82) is 0 Å². The molecule has 1 saturated heterocycles. The maximum Gasteiger partial charge on any atom is 0.261 e. The number of likely N-dealkylation sites (tertiary alicyclic amines) is 1. The molecule has 3 heterocycles. The van der Waals surface area contributed by atoms with Crippen molar-refractivity contribution in [1.82, 2.24) is 24.4 Å². The van der Waals surface area contributed by atoms with Crippen LogP contribution in [0.5, 0.6) is 0 Å². The molecule has 1 aliphatic heterocycles. The summed E-state index contributed by atoms with van der Waals surface area (Å²) in [6.07, 6.45) is 5.61. The molecule has 0 N–H and O–H groups in total. The summed E-state index contributed by atoms with van der Waals surface area (Å²) in [7, 11) is 1.65. The SMILES string of the molecule is COCCn1c(C2CCCN2Cc2cncc(C)n2)nc2ccccc2c1=O. The lowest BCUT2D eigenvalue weighted by Gasteiger charge is -2.26. The summed E-state index contributed by atoms with van der Waals surface area (Å²) in [4.78, 5) is 29.3. The van der Waals surface area contributed by atoms with Gasteiger partial charge in [0.2, 0.25) is 0 Å². The smallest absolute Gasteiger partial charge is 0.261 e. The van der Waals surface area contributed by atoms with E-state index in [2.05, 4.69) is 14.9 Å². The quantitative estimate of drug-likeness (QED) is 0.655. The number of methoxy groups -OCH3 is 1. The van der Waals surface area contributed by atoms with Gasteiger partial charge in [-0.1, -0.05) is 12.1 Å². The Labute approximate surface area is 164 Å². The third-order valence-corrected chi connectivity index (χ3v) is 5.24. The van der Waals surface area contributed by atoms with Crippen LogP contribution in [-0.2, 0) is 17.8 Å². The van der Waals surface area contributed by atoms with Gasteiger partial charge >= 0.3 is 0 Å². The van der Waals surface area contributed by atoms with Crippen LogP contribution in [0.4, 0.5) is 0 Å². The zero-order valence-corrected chi connectivity index (χ0v) is 16.3. The molecule has 7 nitrogen and oxygen atoms in total. The van der Waals surface area contributed by atoms with E-state index in [0.717, 1.165) is 42.1 Å². The second-order valence-electron chi connectivity index (χ2n) is 7.22. The molecule has 7 heteroatoms. The Morgan fingerprint density at radius 2 is 2.07 bits per heavy atom. The van der Waals surface area contributed by atoms with E-state index in [1.807, 2.05) is 37.4 Å². The lowest BCUT2D eigenvalue weighted by atomic mass is 10.1. The predicted molar refractivity (Wildman–Crippen MR) is 107 cm³/mol. The molecule has 3 aromatic rings. The molecule has 1 fully saturated rings. The van der Waals surface area contributed by atoms with Crippen LogP contribution < -0.4 is 5.56 Å². The fraction of sp³-hybridized carbons (Fsp3) is 0.429. The van der Waals surface area contributed by atoms with E-state index in [0.29, 0.717) is 25.1 Å². The Balaban J connectivity index is 1.74. The first-order valence-electron chi connectivity index (χ1n) is 9.67. The van der Waals surface area contributed by atoms with Gasteiger partial charge in [0.15, 0.2) is 0 Å². The number of hydrogen-bond donors (Lipinski definition) is 0. The monoisotopic (exact) mass is 379 g/mol. The molecule has 1 atom stereocenters. The summed E-state index contributed by atoms with van der Waals surface area (Å²) in [6.45, 7) is 4.57. The van der Waals surface area contributed by atoms with Crippen LogP contribution in [0.15, 0.2) is 41.5 Å². The second-order valence-corrected chi connectivity index (χ2v) is 7.22. The fourth-order valence-electron chi connectivity index (χ4n) is 3.95. The van der Waals surface area contributed by atoms with Crippen LogP contribution in [-0.4, -0.2) is 44.7 Å². The minimum Gasteiger partial charge on any atom is -0.383 e. The Hall–Kier alpha value is -2.64. The van der Waals surface area contributed by atoms with E-state index in [4.69, 9.17) is 9.72 Å². The molecule has 1 unspecified atom stereocenters. The molecule has 1 aliphatic rings. The van der Waals surface area contributed by atoms with Crippen molar-refractivity contribution in [3.05, 3.63) is 64.2 Å². The van der Waals surface area contributed by atoms with Crippen LogP contribution in [0, 0.1) is 6.92 Å². The molecular formula is C21H25N5O2. The minimum absolute atomic E-state index is 0.000141. The number of hydrogen-bond acceptors (Lipinski definition) is 6. The average Bonchev–Trinajstić information content (AvgIpc) is 3.15. The molecule has 146 valence electrons. The number of aryl methyl sites for hydroxylation is 1. The van der Waals surface area contributed by atoms with Gasteiger partial charge in [-0.15, -0.1) is 0 Å². The van der Waals surface area contributed by atoms with Gasteiger partial charge in [-0.25, -0.2) is 4.98 Å². The maximum atomic E-state index is 13.1. The molecule has 0 radical (unpaired) electrons. The van der Waals surface area contributed by atoms with Crippen molar-refractivity contribution in [2.75, 3.05) is 20.3 Å². The number of aromatic nitrogens is 4. The molecule has 4 rings (SSSR count). The van der Waals surface area contributed by atoms with Gasteiger partial charge in [0.1, 0.15) is 5.82 Å². The van der Waals surface area contributed by atoms with E-state index in [1.165, 1.54) is 0 Å². The minimum atomic E-state index is -0.000141. The topological polar surface area (TPSA) is 73.1 Å². The molecule has 0 aliphatic carbocycles. The van der Waals surface area contributed by atoms with Gasteiger partial charge in [-0.3, -0.25) is 24.2 Å². The lowest BCUT2D eigenvalue weighted by Crippen LogP contribution is -2.33. The normalized spacial score (nSPS) is 17.4. The fourth-order valence-corrected chi connectivity index (χ4v) is 3.95. The summed E-state index contributed by atoms with van der Waals surface area (Å²) >= 11 is 0. The molecule has 1 aromatic carbocycles. The van der Waals surface area contributed by atoms with E-state index in [-0.39, 0.29) is 11.6 Å². The third-order valence-electron chi connectivity index (χ3n) is 5.24. The molecule has 28 heavy (non-hydrogen) atoms. The highest BCUT2D eigenvalue weighted by Gasteiger charge is 2.30. The summed E-state index contributed by atoms with van der Waals surface area (Å²) in [5, 5.41) is 0.649. The van der Waals surface area contributed by atoms with Crippen molar-refractivity contribution in [3.63, 3.8) is 0 Å². The van der Waals surface area contributed by atoms with E-state index in [1.54, 1.807) is 17.9 Å². The van der Waals surface area contributed by atoms with Crippen molar-refractivity contribution in [2.45, 2.75) is 38.9 Å². The Morgan fingerprint density at radius 1 is 1.21 bits per heavy atom. The first kappa shape index (κ1) is 18.7. The Kier molecular flexibility index (Phi) is 5.45. The molecule has 0 amide bonds. The molecule has 0 saturated carbocycles. The number of para-hydroxylation sites is 1. The average molecular weight is 379 g/mol. The maximum absolute atomic E-state index is 13.1. The third kappa shape index (κ3) is 3.68. The molecular weight excluding hydrogens is 354 g/mol. The zero-order valence-electron chi connectivity index (χ0n) is 16.3. The lowest BCUT2D eigenvalue weighted by molar-refractivity contribution is 0.178. The molecule has 2 aromatic heterocycles. The van der Waals surface area contributed by atoms with Gasteiger partial charge in [0.25, 0.3) is 5.56 Å². The van der Waals surface area contributed by atoms with Crippen LogP contribution in [0.3, 0.4) is 0 Å². The van der Waals surface area contributed by atoms with Crippen molar-refractivity contribution in [3.8, 4) is 0 Å². The van der Waals surface area contributed by atoms with Crippen LogP contribution in [0.1, 0.15) is 36.1 Å². The first-order chi connectivity index (χ1) is 13.7. The Bertz CT molecular complexity index is 1030. The second kappa shape index (κ2) is 8.16. The summed E-state index contributed by atoms with van der Waals surface area (Å²) in [5.41, 5.74) is 2.60. The largest absolute Gasteiger partial charge is 0.383 e. The van der Waals surface area contributed by atoms with Gasteiger partial charge in [-0.2, -0.15) is 0 Å². The standard InChI is InChI=1S/C21H25N5O2/c1-15-12-22-13-16(23-15)14-25-9-5-8-19(25)20-24-18-7-4-3-6-17(18)21(27)26(20)10-11-28-2/h3-4,6-7,12-13,19H,5,8-11,14H2,1-2H3. The van der Waals surface area contributed by atoms with Gasteiger partial charge in [-0.05, 0) is 38.4 Å². The van der Waals surface area contributed by atoms with Crippen LogP contribution in [0.25, 0.3) is 10.9 Å². The summed E-state index contributed by atoms with van der Waals surface area (Å²) in [6, 6.07) is 7.63. The van der Waals surface area contributed by atoms with E-state index >= 15 is 0 Å². The van der Waals surface area contributed by atoms with Crippen LogP contribution >= 0.6 is 0 Å². The Morgan fingerprint density at radius 3 is 2.89 bits per heavy atom. The number of nitrogens with zero attached hydrogens (tertiary/aromatic N) is 5. The number of benzene rings is 1. The summed E-state index contributed by atoms with van der Waals surface area (Å²) < 4.78 is 7.04. The predicted octanol–water partition coefficient (Wildman–Crippen LogP) is 2.48. The summed E-state index contributed by atoms with van der Waals surface area (Å²) in [5.74, 6) is 0.818. The number of fused-ring (bicyclic) bond motifs is 1. The highest BCUT2D eigenvalue weighted by atomic mass is 16.5. The van der Waals surface area contributed by atoms with Crippen molar-refractivity contribution in [2.24, 2.45) is 0 Å². The number of ether oxygens (including phenoxy) is 1. The van der Waals surface area contributed by atoms with E-state index < -0.39 is 0 Å². The highest BCUT2D eigenvalue weighted by molar-refractivity contribution is 5.77. The molecule has 0 spiro atoms. The number of rotatable bonds is 6. The van der Waals surface area contributed by atoms with Gasteiger partial charge in [0.05, 0.1) is 41.5 Å². The highest BCUT2D eigenvalue weighted by Crippen LogP contribution is 2.32. The van der Waals surface area contributed by atoms with E-state index in [9.17, 15) is 4.79 Å². The van der Waals surface area contributed by atoms with Crippen LogP contribution in [0.2, 0.25) is 0 Å². The van der Waals surface area contributed by atoms with Gasteiger partial charge < -0.3 is 4.74 Å². The van der Waals surface area contributed by atoms with Crippen molar-refractivity contribution < 1.29 is 4.74 Å². The van der Waals surface area contributed by atoms with Gasteiger partial charge in [0, 0.05) is 26.0 Å².